The first kappa shape index (κ1) is 17.9. The van der Waals surface area contributed by atoms with Gasteiger partial charge >= 0.3 is 0 Å². The van der Waals surface area contributed by atoms with Crippen LogP contribution in [0.1, 0.15) is 50.2 Å². The first-order valence-electron chi connectivity index (χ1n) is 8.06. The van der Waals surface area contributed by atoms with Gasteiger partial charge in [0.05, 0.1) is 6.26 Å². The number of benzene rings is 1. The van der Waals surface area contributed by atoms with E-state index >= 15 is 0 Å². The minimum absolute atomic E-state index is 0.0856. The second kappa shape index (κ2) is 7.01. The van der Waals surface area contributed by atoms with Crippen molar-refractivity contribution in [3.05, 3.63) is 29.3 Å². The summed E-state index contributed by atoms with van der Waals surface area (Å²) in [4.78, 5) is 12.3. The summed E-state index contributed by atoms with van der Waals surface area (Å²) in [6, 6.07) is 6.05. The molecule has 0 heterocycles. The summed E-state index contributed by atoms with van der Waals surface area (Å²) in [6.07, 6.45) is 3.17. The summed E-state index contributed by atoms with van der Waals surface area (Å²) in [5.41, 5.74) is 2.97. The standard InChI is InChI=1S/C17H26N2O3S/c1-12(2)15-7-5-6-13(3)17(15)18-16(20)10-11-19(14-8-9-14)23(4,21)22/h5-7,12,14H,8-11H2,1-4H3,(H,18,20). The van der Waals surface area contributed by atoms with E-state index in [1.807, 2.05) is 25.1 Å². The van der Waals surface area contributed by atoms with Gasteiger partial charge in [-0.25, -0.2) is 8.42 Å². The number of hydrogen-bond acceptors (Lipinski definition) is 3. The number of rotatable bonds is 7. The molecule has 128 valence electrons. The van der Waals surface area contributed by atoms with E-state index in [1.54, 1.807) is 0 Å². The van der Waals surface area contributed by atoms with Gasteiger partial charge in [0.25, 0.3) is 0 Å². The van der Waals surface area contributed by atoms with Gasteiger partial charge in [0, 0.05) is 24.7 Å². The molecular formula is C17H26N2O3S. The van der Waals surface area contributed by atoms with Crippen molar-refractivity contribution in [3.8, 4) is 0 Å². The Hall–Kier alpha value is -1.40. The van der Waals surface area contributed by atoms with E-state index in [0.717, 1.165) is 29.7 Å². The summed E-state index contributed by atoms with van der Waals surface area (Å²) >= 11 is 0. The van der Waals surface area contributed by atoms with Crippen LogP contribution in [0.5, 0.6) is 0 Å². The highest BCUT2D eigenvalue weighted by Crippen LogP contribution is 2.30. The molecular weight excluding hydrogens is 312 g/mol. The van der Waals surface area contributed by atoms with Crippen LogP contribution < -0.4 is 5.32 Å². The van der Waals surface area contributed by atoms with E-state index in [1.165, 1.54) is 10.6 Å². The van der Waals surface area contributed by atoms with E-state index in [0.29, 0.717) is 5.92 Å². The Morgan fingerprint density at radius 3 is 2.52 bits per heavy atom. The van der Waals surface area contributed by atoms with E-state index in [4.69, 9.17) is 0 Å². The highest BCUT2D eigenvalue weighted by molar-refractivity contribution is 7.88. The number of para-hydroxylation sites is 1. The molecule has 1 fully saturated rings. The highest BCUT2D eigenvalue weighted by Gasteiger charge is 2.34. The predicted octanol–water partition coefficient (Wildman–Crippen LogP) is 2.87. The maximum absolute atomic E-state index is 12.3. The fraction of sp³-hybridized carbons (Fsp3) is 0.588. The molecule has 1 amide bonds. The van der Waals surface area contributed by atoms with E-state index in [2.05, 4.69) is 19.2 Å². The van der Waals surface area contributed by atoms with Crippen molar-refractivity contribution in [3.63, 3.8) is 0 Å². The molecule has 0 radical (unpaired) electrons. The van der Waals surface area contributed by atoms with Crippen LogP contribution in [0.2, 0.25) is 0 Å². The average Bonchev–Trinajstić information content (AvgIpc) is 3.24. The number of anilines is 1. The van der Waals surface area contributed by atoms with E-state index in [9.17, 15) is 13.2 Å². The fourth-order valence-corrected chi connectivity index (χ4v) is 3.91. The monoisotopic (exact) mass is 338 g/mol. The van der Waals surface area contributed by atoms with E-state index < -0.39 is 10.0 Å². The van der Waals surface area contributed by atoms with Crippen LogP contribution in [0.25, 0.3) is 0 Å². The number of carbonyl (C=O) groups is 1. The Morgan fingerprint density at radius 1 is 1.35 bits per heavy atom. The van der Waals surface area contributed by atoms with Crippen LogP contribution >= 0.6 is 0 Å². The molecule has 0 saturated heterocycles. The van der Waals surface area contributed by atoms with Gasteiger partial charge in [-0.2, -0.15) is 4.31 Å². The molecule has 1 aliphatic carbocycles. The highest BCUT2D eigenvalue weighted by atomic mass is 32.2. The fourth-order valence-electron chi connectivity index (χ4n) is 2.74. The third-order valence-electron chi connectivity index (χ3n) is 4.13. The van der Waals surface area contributed by atoms with Crippen LogP contribution in [0.4, 0.5) is 5.69 Å². The van der Waals surface area contributed by atoms with Gasteiger partial charge in [-0.3, -0.25) is 4.79 Å². The van der Waals surface area contributed by atoms with Crippen molar-refractivity contribution in [2.24, 2.45) is 0 Å². The van der Waals surface area contributed by atoms with Gasteiger partial charge in [-0.15, -0.1) is 0 Å². The van der Waals surface area contributed by atoms with Gasteiger partial charge in [-0.1, -0.05) is 32.0 Å². The Bertz CT molecular complexity index is 679. The molecule has 2 rings (SSSR count). The third-order valence-corrected chi connectivity index (χ3v) is 5.46. The molecule has 1 aromatic carbocycles. The van der Waals surface area contributed by atoms with Crippen LogP contribution in [0.15, 0.2) is 18.2 Å². The molecule has 0 aliphatic heterocycles. The smallest absolute Gasteiger partial charge is 0.225 e. The molecule has 1 N–H and O–H groups in total. The molecule has 0 spiro atoms. The summed E-state index contributed by atoms with van der Waals surface area (Å²) in [5, 5.41) is 2.97. The lowest BCUT2D eigenvalue weighted by Gasteiger charge is -2.20. The van der Waals surface area contributed by atoms with Crippen molar-refractivity contribution in [1.82, 2.24) is 4.31 Å². The maximum atomic E-state index is 12.3. The number of nitrogens with zero attached hydrogens (tertiary/aromatic N) is 1. The Balaban J connectivity index is 2.03. The molecule has 1 saturated carbocycles. The Labute approximate surface area is 139 Å². The Morgan fingerprint density at radius 2 is 2.00 bits per heavy atom. The van der Waals surface area contributed by atoms with Gasteiger partial charge in [-0.05, 0) is 36.8 Å². The van der Waals surface area contributed by atoms with Crippen LogP contribution in [0.3, 0.4) is 0 Å². The van der Waals surface area contributed by atoms with Crippen molar-refractivity contribution < 1.29 is 13.2 Å². The summed E-state index contributed by atoms with van der Waals surface area (Å²) in [6.45, 7) is 6.39. The molecule has 0 aromatic heterocycles. The Kier molecular flexibility index (Phi) is 5.47. The number of sulfonamides is 1. The normalized spacial score (nSPS) is 15.2. The van der Waals surface area contributed by atoms with Crippen molar-refractivity contribution in [2.75, 3.05) is 18.1 Å². The van der Waals surface area contributed by atoms with Gasteiger partial charge in [0.15, 0.2) is 0 Å². The van der Waals surface area contributed by atoms with Crippen molar-refractivity contribution in [2.45, 2.75) is 52.0 Å². The van der Waals surface area contributed by atoms with Gasteiger partial charge < -0.3 is 5.32 Å². The minimum Gasteiger partial charge on any atom is -0.326 e. The minimum atomic E-state index is -3.25. The molecule has 6 heteroatoms. The van der Waals surface area contributed by atoms with Crippen LogP contribution in [0, 0.1) is 6.92 Å². The zero-order valence-electron chi connectivity index (χ0n) is 14.3. The lowest BCUT2D eigenvalue weighted by molar-refractivity contribution is -0.116. The van der Waals surface area contributed by atoms with E-state index in [-0.39, 0.29) is 24.9 Å². The quantitative estimate of drug-likeness (QED) is 0.831. The lowest BCUT2D eigenvalue weighted by atomic mass is 9.98. The molecule has 5 nitrogen and oxygen atoms in total. The SMILES string of the molecule is Cc1cccc(C(C)C)c1NC(=O)CCN(C1CC1)S(C)(=O)=O. The second-order valence-corrected chi connectivity index (χ2v) is 8.53. The molecule has 1 aromatic rings. The summed E-state index contributed by atoms with van der Waals surface area (Å²) in [7, 11) is -3.25. The number of amides is 1. The third kappa shape index (κ3) is 4.78. The second-order valence-electron chi connectivity index (χ2n) is 6.60. The number of hydrogen-bond donors (Lipinski definition) is 1. The average molecular weight is 338 g/mol. The molecule has 1 aliphatic rings. The largest absolute Gasteiger partial charge is 0.326 e. The zero-order valence-corrected chi connectivity index (χ0v) is 15.1. The zero-order chi connectivity index (χ0) is 17.2. The lowest BCUT2D eigenvalue weighted by Crippen LogP contribution is -2.34. The van der Waals surface area contributed by atoms with Crippen molar-refractivity contribution in [1.29, 1.82) is 0 Å². The summed E-state index contributed by atoms with van der Waals surface area (Å²) < 4.78 is 25.0. The number of aryl methyl sites for hydroxylation is 1. The van der Waals surface area contributed by atoms with Crippen LogP contribution in [-0.4, -0.2) is 37.5 Å². The maximum Gasteiger partial charge on any atom is 0.225 e. The molecule has 0 unspecified atom stereocenters. The van der Waals surface area contributed by atoms with Gasteiger partial charge in [0.1, 0.15) is 0 Å². The number of carbonyl (C=O) groups excluding carboxylic acids is 1. The predicted molar refractivity (Wildman–Crippen MR) is 93.1 cm³/mol. The molecule has 0 atom stereocenters. The number of nitrogens with one attached hydrogen (secondary N) is 1. The van der Waals surface area contributed by atoms with Crippen LogP contribution in [-0.2, 0) is 14.8 Å². The van der Waals surface area contributed by atoms with Gasteiger partial charge in [0.2, 0.25) is 15.9 Å². The first-order chi connectivity index (χ1) is 10.7. The molecule has 23 heavy (non-hydrogen) atoms. The molecule has 0 bridgehead atoms. The first-order valence-corrected chi connectivity index (χ1v) is 9.91. The van der Waals surface area contributed by atoms with Crippen molar-refractivity contribution >= 4 is 21.6 Å². The topological polar surface area (TPSA) is 66.5 Å². The summed E-state index contributed by atoms with van der Waals surface area (Å²) in [5.74, 6) is 0.166.